The predicted octanol–water partition coefficient (Wildman–Crippen LogP) is 1.12. The van der Waals surface area contributed by atoms with Gasteiger partial charge in [0.15, 0.2) is 0 Å². The molecule has 2 aliphatic rings. The molecule has 1 saturated heterocycles. The van der Waals surface area contributed by atoms with Gasteiger partial charge in [0.1, 0.15) is 5.54 Å². The maximum absolute atomic E-state index is 12.6. The summed E-state index contributed by atoms with van der Waals surface area (Å²) in [6.07, 6.45) is 1.51. The van der Waals surface area contributed by atoms with Gasteiger partial charge in [0.05, 0.1) is 24.2 Å². The van der Waals surface area contributed by atoms with E-state index >= 15 is 0 Å². The van der Waals surface area contributed by atoms with Crippen LogP contribution in [0.4, 0.5) is 0 Å². The van der Waals surface area contributed by atoms with Crippen LogP contribution < -0.4 is 10.6 Å². The zero-order valence-corrected chi connectivity index (χ0v) is 17.6. The van der Waals surface area contributed by atoms with E-state index < -0.39 is 39.7 Å². The van der Waals surface area contributed by atoms with Crippen LogP contribution in [0.5, 0.6) is 0 Å². The van der Waals surface area contributed by atoms with Crippen molar-refractivity contribution in [3.63, 3.8) is 0 Å². The Labute approximate surface area is 171 Å². The number of carbonyl (C=O) groups excluding carboxylic acids is 2. The summed E-state index contributed by atoms with van der Waals surface area (Å²) < 4.78 is 35.6. The molecule has 0 spiro atoms. The Bertz CT molecular complexity index is 888. The third-order valence-corrected chi connectivity index (χ3v) is 6.87. The van der Waals surface area contributed by atoms with Gasteiger partial charge >= 0.3 is 5.97 Å². The van der Waals surface area contributed by atoms with Crippen LogP contribution in [-0.4, -0.2) is 51.6 Å². The molecule has 1 amide bonds. The van der Waals surface area contributed by atoms with E-state index in [1.807, 2.05) is 0 Å². The second-order valence-electron chi connectivity index (χ2n) is 6.82. The molecule has 0 radical (unpaired) electrons. The lowest BCUT2D eigenvalue weighted by Gasteiger charge is -2.19. The Morgan fingerprint density at radius 3 is 2.61 bits per heavy atom. The molecule has 10 heteroatoms. The van der Waals surface area contributed by atoms with Gasteiger partial charge in [-0.15, -0.1) is 6.58 Å². The molecule has 4 atom stereocenters. The fourth-order valence-corrected chi connectivity index (χ4v) is 4.65. The highest BCUT2D eigenvalue weighted by atomic mass is 79.9. The number of hydrogen-bond donors (Lipinski definition) is 2. The van der Waals surface area contributed by atoms with Crippen LogP contribution >= 0.6 is 15.9 Å². The molecule has 0 unspecified atom stereocenters. The first kappa shape index (κ1) is 21.0. The largest absolute Gasteiger partial charge is 0.467 e. The second kappa shape index (κ2) is 7.94. The van der Waals surface area contributed by atoms with Crippen molar-refractivity contribution in [2.75, 3.05) is 13.7 Å². The topological polar surface area (TPSA) is 111 Å². The van der Waals surface area contributed by atoms with Crippen molar-refractivity contribution in [1.82, 2.24) is 10.6 Å². The SMILES string of the molecule is C=C[C@@H]1C[C@]1(NC(=O)[C@@H]1C[C@H](OS(=O)(=O)c2ccc(Br)cc2)CN1)C(=O)OC. The standard InChI is InChI=1S/C18H21BrN2O6S/c1-3-11-9-18(11,17(23)26-2)21-16(22)15-8-13(10-20-15)27-28(24,25)14-6-4-12(19)5-7-14/h3-7,11,13,15,20H,1,8-10H2,2H3,(H,21,22)/t11-,13+,15+,18-/m1/s1. The van der Waals surface area contributed by atoms with Crippen molar-refractivity contribution in [2.45, 2.75) is 35.4 Å². The van der Waals surface area contributed by atoms with Crippen LogP contribution in [0.15, 0.2) is 46.3 Å². The van der Waals surface area contributed by atoms with Crippen LogP contribution in [-0.2, 0) is 28.6 Å². The molecule has 0 bridgehead atoms. The summed E-state index contributed by atoms with van der Waals surface area (Å²) in [5.41, 5.74) is -1.09. The maximum atomic E-state index is 12.6. The van der Waals surface area contributed by atoms with E-state index in [2.05, 4.69) is 33.1 Å². The Kier molecular flexibility index (Phi) is 5.95. The van der Waals surface area contributed by atoms with Crippen LogP contribution in [0.25, 0.3) is 0 Å². The number of methoxy groups -OCH3 is 1. The molecule has 8 nitrogen and oxygen atoms in total. The zero-order chi connectivity index (χ0) is 20.5. The molecule has 2 N–H and O–H groups in total. The van der Waals surface area contributed by atoms with Crippen LogP contribution in [0.3, 0.4) is 0 Å². The van der Waals surface area contributed by atoms with E-state index in [4.69, 9.17) is 8.92 Å². The van der Waals surface area contributed by atoms with Gasteiger partial charge in [-0.05, 0) is 30.7 Å². The average molecular weight is 473 g/mol. The monoisotopic (exact) mass is 472 g/mol. The lowest BCUT2D eigenvalue weighted by molar-refractivity contribution is -0.147. The molecule has 1 aromatic carbocycles. The predicted molar refractivity (Wildman–Crippen MR) is 104 cm³/mol. The first-order valence-corrected chi connectivity index (χ1v) is 10.9. The number of amides is 1. The third kappa shape index (κ3) is 4.14. The van der Waals surface area contributed by atoms with Gasteiger partial charge in [0.2, 0.25) is 5.91 Å². The minimum atomic E-state index is -3.94. The van der Waals surface area contributed by atoms with Gasteiger partial charge in [0.25, 0.3) is 10.1 Å². The highest BCUT2D eigenvalue weighted by Gasteiger charge is 2.61. The number of esters is 1. The Hall–Kier alpha value is -1.75. The molecule has 1 saturated carbocycles. The van der Waals surface area contributed by atoms with Crippen molar-refractivity contribution in [1.29, 1.82) is 0 Å². The molecule has 2 fully saturated rings. The fraction of sp³-hybridized carbons (Fsp3) is 0.444. The number of halogens is 1. The molecule has 1 aliphatic carbocycles. The molecule has 0 aromatic heterocycles. The van der Waals surface area contributed by atoms with Crippen molar-refractivity contribution in [2.24, 2.45) is 5.92 Å². The quantitative estimate of drug-likeness (QED) is 0.347. The summed E-state index contributed by atoms with van der Waals surface area (Å²) in [6.45, 7) is 3.86. The van der Waals surface area contributed by atoms with Gasteiger partial charge in [-0.2, -0.15) is 8.42 Å². The third-order valence-electron chi connectivity index (χ3n) is 4.97. The van der Waals surface area contributed by atoms with Crippen LogP contribution in [0.2, 0.25) is 0 Å². The first-order valence-electron chi connectivity index (χ1n) is 8.67. The minimum absolute atomic E-state index is 0.0417. The normalized spacial score (nSPS) is 29.1. The summed E-state index contributed by atoms with van der Waals surface area (Å²) in [4.78, 5) is 24.7. The Morgan fingerprint density at radius 2 is 2.04 bits per heavy atom. The van der Waals surface area contributed by atoms with Crippen molar-refractivity contribution >= 4 is 37.9 Å². The van der Waals surface area contributed by atoms with E-state index in [1.165, 1.54) is 19.2 Å². The smallest absolute Gasteiger partial charge is 0.332 e. The number of carbonyl (C=O) groups is 2. The summed E-state index contributed by atoms with van der Waals surface area (Å²) in [6, 6.07) is 5.43. The average Bonchev–Trinajstić information content (AvgIpc) is 3.18. The minimum Gasteiger partial charge on any atom is -0.467 e. The number of ether oxygens (including phenoxy) is 1. The summed E-state index contributed by atoms with van der Waals surface area (Å²) in [5.74, 6) is -1.11. The van der Waals surface area contributed by atoms with Crippen LogP contribution in [0.1, 0.15) is 12.8 Å². The molecular weight excluding hydrogens is 452 g/mol. The van der Waals surface area contributed by atoms with Gasteiger partial charge in [-0.1, -0.05) is 22.0 Å². The fourth-order valence-electron chi connectivity index (χ4n) is 3.30. The molecule has 1 aromatic rings. The van der Waals surface area contributed by atoms with Crippen LogP contribution in [0, 0.1) is 5.92 Å². The highest BCUT2D eigenvalue weighted by molar-refractivity contribution is 9.10. The maximum Gasteiger partial charge on any atom is 0.332 e. The molecule has 3 rings (SSSR count). The number of benzene rings is 1. The van der Waals surface area contributed by atoms with Gasteiger partial charge in [0, 0.05) is 23.4 Å². The second-order valence-corrected chi connectivity index (χ2v) is 9.31. The van der Waals surface area contributed by atoms with Crippen molar-refractivity contribution in [3.8, 4) is 0 Å². The van der Waals surface area contributed by atoms with E-state index in [-0.39, 0.29) is 23.8 Å². The van der Waals surface area contributed by atoms with E-state index in [1.54, 1.807) is 18.2 Å². The first-order chi connectivity index (χ1) is 13.2. The number of hydrogen-bond acceptors (Lipinski definition) is 7. The Morgan fingerprint density at radius 1 is 1.36 bits per heavy atom. The summed E-state index contributed by atoms with van der Waals surface area (Å²) in [7, 11) is -2.68. The van der Waals surface area contributed by atoms with E-state index in [0.29, 0.717) is 6.42 Å². The zero-order valence-electron chi connectivity index (χ0n) is 15.2. The van der Waals surface area contributed by atoms with Crippen molar-refractivity contribution in [3.05, 3.63) is 41.4 Å². The van der Waals surface area contributed by atoms with E-state index in [9.17, 15) is 18.0 Å². The molecule has 1 heterocycles. The molecular formula is C18H21BrN2O6S. The molecule has 1 aliphatic heterocycles. The number of rotatable bonds is 7. The van der Waals surface area contributed by atoms with Gasteiger partial charge < -0.3 is 15.4 Å². The Balaban J connectivity index is 1.60. The summed E-state index contributed by atoms with van der Waals surface area (Å²) in [5, 5.41) is 5.67. The van der Waals surface area contributed by atoms with Crippen molar-refractivity contribution < 1.29 is 26.9 Å². The lowest BCUT2D eigenvalue weighted by Crippen LogP contribution is -2.51. The highest BCUT2D eigenvalue weighted by Crippen LogP contribution is 2.45. The molecule has 28 heavy (non-hydrogen) atoms. The van der Waals surface area contributed by atoms with Gasteiger partial charge in [-0.3, -0.25) is 8.98 Å². The lowest BCUT2D eigenvalue weighted by atomic mass is 10.1. The van der Waals surface area contributed by atoms with E-state index in [0.717, 1.165) is 4.47 Å². The number of nitrogens with one attached hydrogen (secondary N) is 2. The van der Waals surface area contributed by atoms with Gasteiger partial charge in [-0.25, -0.2) is 4.79 Å². The molecule has 152 valence electrons. The summed E-state index contributed by atoms with van der Waals surface area (Å²) >= 11 is 3.25.